The number of hydrogen-bond donors (Lipinski definition) is 4. The van der Waals surface area contributed by atoms with Crippen LogP contribution < -0.4 is 10.6 Å². The number of rotatable bonds is 9. The number of fused-ring (bicyclic) bond motifs is 1. The van der Waals surface area contributed by atoms with Crippen molar-refractivity contribution in [2.24, 2.45) is 5.92 Å². The van der Waals surface area contributed by atoms with Gasteiger partial charge in [0.05, 0.1) is 24.3 Å². The first kappa shape index (κ1) is 25.0. The van der Waals surface area contributed by atoms with Crippen LogP contribution in [0.15, 0.2) is 48.5 Å². The lowest BCUT2D eigenvalue weighted by atomic mass is 9.75. The zero-order valence-electron chi connectivity index (χ0n) is 19.8. The molecule has 0 saturated heterocycles. The molecule has 2 aromatic rings. The Balaban J connectivity index is 1.77. The lowest BCUT2D eigenvalue weighted by Gasteiger charge is -2.28. The minimum absolute atomic E-state index is 0.0183. The predicted octanol–water partition coefficient (Wildman–Crippen LogP) is 3.21. The number of carbonyl (C=O) groups is 2. The smallest absolute Gasteiger partial charge is 0.426 e. The fourth-order valence-corrected chi connectivity index (χ4v) is 4.56. The van der Waals surface area contributed by atoms with Crippen molar-refractivity contribution in [3.05, 3.63) is 70.8 Å². The molecule has 1 aliphatic rings. The fourth-order valence-electron chi connectivity index (χ4n) is 4.56. The molecular weight excluding hydrogens is 415 g/mol. The van der Waals surface area contributed by atoms with Crippen molar-refractivity contribution in [1.82, 2.24) is 10.6 Å². The molecular formula is C26H35BN2O4. The van der Waals surface area contributed by atoms with E-state index >= 15 is 0 Å². The summed E-state index contributed by atoms with van der Waals surface area (Å²) in [6, 6.07) is 15.3. The van der Waals surface area contributed by atoms with Crippen LogP contribution in [0.4, 0.5) is 0 Å². The van der Waals surface area contributed by atoms with E-state index < -0.39 is 19.1 Å². The first-order valence-electron chi connectivity index (χ1n) is 11.8. The van der Waals surface area contributed by atoms with Crippen LogP contribution in [0.25, 0.3) is 0 Å². The summed E-state index contributed by atoms with van der Waals surface area (Å²) in [7, 11) is -1.64. The Morgan fingerprint density at radius 1 is 1.06 bits per heavy atom. The largest absolute Gasteiger partial charge is 0.475 e. The predicted molar refractivity (Wildman–Crippen MR) is 130 cm³/mol. The van der Waals surface area contributed by atoms with E-state index in [1.54, 1.807) is 0 Å². The van der Waals surface area contributed by atoms with Crippen molar-refractivity contribution < 1.29 is 19.6 Å². The Morgan fingerprint density at radius 3 is 2.42 bits per heavy atom. The zero-order chi connectivity index (χ0) is 24.0. The third-order valence-electron chi connectivity index (χ3n) is 6.30. The van der Waals surface area contributed by atoms with Gasteiger partial charge < -0.3 is 20.7 Å². The number of hydrogen-bond acceptors (Lipinski definition) is 4. The summed E-state index contributed by atoms with van der Waals surface area (Å²) in [6.45, 7) is 5.90. The first-order chi connectivity index (χ1) is 15.7. The maximum absolute atomic E-state index is 13.3. The highest BCUT2D eigenvalue weighted by atomic mass is 16.4. The van der Waals surface area contributed by atoms with Crippen LogP contribution >= 0.6 is 0 Å². The third-order valence-corrected chi connectivity index (χ3v) is 6.30. The standard InChI is InChI=1S/C26H35BN2O4/c1-17(2)15-24(27(32)33)29-25(30)16-23(20-13-11-18(3)12-14-20)28-26(31)22-10-6-8-19-7-4-5-9-21(19)22/h4-5,7,9,11-14,17,22-24,32-33H,6,8,10,15-16H2,1-3H3,(H,28,31)(H,29,30). The Kier molecular flexibility index (Phi) is 8.70. The minimum Gasteiger partial charge on any atom is -0.426 e. The van der Waals surface area contributed by atoms with Gasteiger partial charge in [-0.2, -0.15) is 0 Å². The second-order valence-corrected chi connectivity index (χ2v) is 9.54. The van der Waals surface area contributed by atoms with E-state index in [-0.39, 0.29) is 30.1 Å². The minimum atomic E-state index is -1.64. The Labute approximate surface area is 196 Å². The topological polar surface area (TPSA) is 98.7 Å². The number of benzene rings is 2. The number of amides is 2. The van der Waals surface area contributed by atoms with Gasteiger partial charge in [0.25, 0.3) is 0 Å². The summed E-state index contributed by atoms with van der Waals surface area (Å²) in [5.41, 5.74) is 4.21. The van der Waals surface area contributed by atoms with Gasteiger partial charge in [0.1, 0.15) is 0 Å². The van der Waals surface area contributed by atoms with Gasteiger partial charge in [-0.25, -0.2) is 0 Å². The molecule has 33 heavy (non-hydrogen) atoms. The van der Waals surface area contributed by atoms with Crippen molar-refractivity contribution in [3.8, 4) is 0 Å². The molecule has 0 heterocycles. The molecule has 0 aliphatic heterocycles. The van der Waals surface area contributed by atoms with Crippen LogP contribution in [-0.2, 0) is 16.0 Å². The van der Waals surface area contributed by atoms with Gasteiger partial charge in [-0.05, 0) is 55.2 Å². The van der Waals surface area contributed by atoms with Crippen molar-refractivity contribution in [1.29, 1.82) is 0 Å². The van der Waals surface area contributed by atoms with Crippen LogP contribution in [-0.4, -0.2) is 34.9 Å². The van der Waals surface area contributed by atoms with Gasteiger partial charge in [-0.1, -0.05) is 67.9 Å². The van der Waals surface area contributed by atoms with E-state index in [9.17, 15) is 19.6 Å². The summed E-state index contributed by atoms with van der Waals surface area (Å²) in [6.07, 6.45) is 3.18. The van der Waals surface area contributed by atoms with E-state index in [1.807, 2.05) is 63.2 Å². The molecule has 0 fully saturated rings. The van der Waals surface area contributed by atoms with Crippen molar-refractivity contribution in [2.75, 3.05) is 0 Å². The van der Waals surface area contributed by atoms with Crippen molar-refractivity contribution in [3.63, 3.8) is 0 Å². The second kappa shape index (κ2) is 11.5. The Bertz CT molecular complexity index is 946. The molecule has 2 aromatic carbocycles. The SMILES string of the molecule is Cc1ccc(C(CC(=O)NC(CC(C)C)B(O)O)NC(=O)C2CCCc3ccccc32)cc1. The maximum Gasteiger partial charge on any atom is 0.475 e. The molecule has 176 valence electrons. The Morgan fingerprint density at radius 2 is 1.76 bits per heavy atom. The highest BCUT2D eigenvalue weighted by Gasteiger charge is 2.30. The average Bonchev–Trinajstić information content (AvgIpc) is 2.78. The molecule has 7 heteroatoms. The average molecular weight is 450 g/mol. The van der Waals surface area contributed by atoms with Gasteiger partial charge >= 0.3 is 7.12 Å². The highest BCUT2D eigenvalue weighted by molar-refractivity contribution is 6.43. The first-order valence-corrected chi connectivity index (χ1v) is 11.8. The highest BCUT2D eigenvalue weighted by Crippen LogP contribution is 2.32. The van der Waals surface area contributed by atoms with Gasteiger partial charge in [-0.15, -0.1) is 0 Å². The van der Waals surface area contributed by atoms with E-state index in [0.717, 1.165) is 36.0 Å². The number of aryl methyl sites for hydroxylation is 2. The second-order valence-electron chi connectivity index (χ2n) is 9.54. The van der Waals surface area contributed by atoms with E-state index in [1.165, 1.54) is 5.56 Å². The number of carbonyl (C=O) groups excluding carboxylic acids is 2. The van der Waals surface area contributed by atoms with Crippen LogP contribution in [0.5, 0.6) is 0 Å². The molecule has 0 saturated carbocycles. The summed E-state index contributed by atoms with van der Waals surface area (Å²) >= 11 is 0. The van der Waals surface area contributed by atoms with Gasteiger partial charge in [0.15, 0.2) is 0 Å². The molecule has 3 rings (SSSR count). The molecule has 0 radical (unpaired) electrons. The summed E-state index contributed by atoms with van der Waals surface area (Å²) in [5, 5.41) is 25.2. The Hall–Kier alpha value is -2.64. The van der Waals surface area contributed by atoms with Crippen LogP contribution in [0.2, 0.25) is 0 Å². The summed E-state index contributed by atoms with van der Waals surface area (Å²) in [5.74, 6) is -1.21. The van der Waals surface area contributed by atoms with Crippen LogP contribution in [0.1, 0.15) is 73.7 Å². The normalized spacial score (nSPS) is 17.1. The van der Waals surface area contributed by atoms with Crippen molar-refractivity contribution >= 4 is 18.9 Å². The molecule has 0 spiro atoms. The van der Waals surface area contributed by atoms with Gasteiger partial charge in [-0.3, -0.25) is 9.59 Å². The van der Waals surface area contributed by atoms with Gasteiger partial charge in [0, 0.05) is 0 Å². The molecule has 6 nitrogen and oxygen atoms in total. The van der Waals surface area contributed by atoms with E-state index in [4.69, 9.17) is 0 Å². The quantitative estimate of drug-likeness (QED) is 0.441. The summed E-state index contributed by atoms with van der Waals surface area (Å²) in [4.78, 5) is 26.2. The molecule has 0 aromatic heterocycles. The van der Waals surface area contributed by atoms with Crippen molar-refractivity contribution in [2.45, 2.75) is 70.8 Å². The molecule has 4 N–H and O–H groups in total. The van der Waals surface area contributed by atoms with Crippen LogP contribution in [0.3, 0.4) is 0 Å². The lowest BCUT2D eigenvalue weighted by molar-refractivity contribution is -0.125. The third kappa shape index (κ3) is 6.92. The molecule has 1 aliphatic carbocycles. The fraction of sp³-hybridized carbons (Fsp3) is 0.462. The maximum atomic E-state index is 13.3. The van der Waals surface area contributed by atoms with E-state index in [0.29, 0.717) is 6.42 Å². The number of nitrogens with one attached hydrogen (secondary N) is 2. The monoisotopic (exact) mass is 450 g/mol. The molecule has 2 amide bonds. The lowest BCUT2D eigenvalue weighted by Crippen LogP contribution is -2.48. The molecule has 3 atom stereocenters. The zero-order valence-corrected chi connectivity index (χ0v) is 19.8. The van der Waals surface area contributed by atoms with Gasteiger partial charge in [0.2, 0.25) is 11.8 Å². The molecule has 3 unspecified atom stereocenters. The van der Waals surface area contributed by atoms with Crippen LogP contribution in [0, 0.1) is 12.8 Å². The van der Waals surface area contributed by atoms with E-state index in [2.05, 4.69) is 16.7 Å². The summed E-state index contributed by atoms with van der Waals surface area (Å²) < 4.78 is 0. The molecule has 0 bridgehead atoms.